The molecule has 0 bridgehead atoms. The minimum atomic E-state index is -0.154. The lowest BCUT2D eigenvalue weighted by molar-refractivity contribution is -0.0222. The molecule has 4 rings (SSSR count). The van der Waals surface area contributed by atoms with Gasteiger partial charge < -0.3 is 14.2 Å². The van der Waals surface area contributed by atoms with E-state index >= 15 is 0 Å². The summed E-state index contributed by atoms with van der Waals surface area (Å²) in [5.74, 6) is 2.09. The highest BCUT2D eigenvalue weighted by Gasteiger charge is 2.41. The number of fused-ring (bicyclic) bond motifs is 3. The van der Waals surface area contributed by atoms with Crippen molar-refractivity contribution in [2.24, 2.45) is 5.10 Å². The van der Waals surface area contributed by atoms with E-state index in [0.29, 0.717) is 21.5 Å². The summed E-state index contributed by atoms with van der Waals surface area (Å²) in [6, 6.07) is 9.55. The molecule has 0 aromatic heterocycles. The summed E-state index contributed by atoms with van der Waals surface area (Å²) in [6.07, 6.45) is 2.43. The lowest BCUT2D eigenvalue weighted by atomic mass is 9.96. The van der Waals surface area contributed by atoms with Crippen molar-refractivity contribution in [3.8, 4) is 17.2 Å². The Bertz CT molecular complexity index is 932. The van der Waals surface area contributed by atoms with Crippen molar-refractivity contribution in [3.05, 3.63) is 51.5 Å². The van der Waals surface area contributed by atoms with E-state index in [9.17, 15) is 0 Å². The number of rotatable bonds is 5. The zero-order valence-corrected chi connectivity index (χ0v) is 17.5. The first-order valence-electron chi connectivity index (χ1n) is 9.29. The SMILES string of the molecule is CCC[C@H]1Oc2c(Cl)cc(Cl)cc2[C@@H]2CC(c3ccc(OC)c(OC)c3)=NN12. The smallest absolute Gasteiger partial charge is 0.187 e. The third-order valence-corrected chi connectivity index (χ3v) is 5.64. The van der Waals surface area contributed by atoms with E-state index in [4.69, 9.17) is 42.5 Å². The second-order valence-corrected chi connectivity index (χ2v) is 7.73. The average Bonchev–Trinajstić information content (AvgIpc) is 3.14. The second kappa shape index (κ2) is 7.72. The van der Waals surface area contributed by atoms with E-state index < -0.39 is 0 Å². The number of hydrazone groups is 1. The van der Waals surface area contributed by atoms with Crippen LogP contribution in [0.1, 0.15) is 43.4 Å². The molecule has 0 spiro atoms. The molecule has 2 aliphatic rings. The van der Waals surface area contributed by atoms with Crippen molar-refractivity contribution >= 4 is 28.9 Å². The summed E-state index contributed by atoms with van der Waals surface area (Å²) in [6.45, 7) is 2.13. The van der Waals surface area contributed by atoms with E-state index in [1.54, 1.807) is 20.3 Å². The first-order valence-corrected chi connectivity index (χ1v) is 10.0. The lowest BCUT2D eigenvalue weighted by Gasteiger charge is -2.38. The van der Waals surface area contributed by atoms with Crippen LogP contribution in [0.2, 0.25) is 10.0 Å². The van der Waals surface area contributed by atoms with Gasteiger partial charge in [0.1, 0.15) is 5.75 Å². The van der Waals surface area contributed by atoms with Crippen molar-refractivity contribution < 1.29 is 14.2 Å². The summed E-state index contributed by atoms with van der Waals surface area (Å²) in [5.41, 5.74) is 2.95. The molecule has 2 aromatic carbocycles. The predicted octanol–water partition coefficient (Wildman–Crippen LogP) is 5.68. The number of nitrogens with zero attached hydrogens (tertiary/aromatic N) is 2. The maximum atomic E-state index is 6.43. The molecule has 2 heterocycles. The lowest BCUT2D eigenvalue weighted by Crippen LogP contribution is -2.40. The molecule has 0 aliphatic carbocycles. The van der Waals surface area contributed by atoms with Crippen LogP contribution in [0.5, 0.6) is 17.2 Å². The number of methoxy groups -OCH3 is 2. The fraction of sp³-hybridized carbons (Fsp3) is 0.381. The highest BCUT2D eigenvalue weighted by Crippen LogP contribution is 2.48. The van der Waals surface area contributed by atoms with Crippen LogP contribution < -0.4 is 14.2 Å². The number of ether oxygens (including phenoxy) is 3. The third-order valence-electron chi connectivity index (χ3n) is 5.14. The van der Waals surface area contributed by atoms with Crippen molar-refractivity contribution in [1.82, 2.24) is 5.01 Å². The molecule has 0 saturated heterocycles. The maximum Gasteiger partial charge on any atom is 0.187 e. The number of hydrogen-bond acceptors (Lipinski definition) is 5. The van der Waals surface area contributed by atoms with Gasteiger partial charge in [-0.15, -0.1) is 0 Å². The fourth-order valence-electron chi connectivity index (χ4n) is 3.82. The molecule has 0 amide bonds. The zero-order chi connectivity index (χ0) is 19.8. The molecule has 7 heteroatoms. The Morgan fingerprint density at radius 2 is 1.93 bits per heavy atom. The molecule has 2 aromatic rings. The summed E-state index contributed by atoms with van der Waals surface area (Å²) in [4.78, 5) is 0. The molecule has 0 N–H and O–H groups in total. The molecule has 0 saturated carbocycles. The predicted molar refractivity (Wildman–Crippen MR) is 111 cm³/mol. The van der Waals surface area contributed by atoms with Gasteiger partial charge in [0.25, 0.3) is 0 Å². The normalized spacial score (nSPS) is 20.2. The Hall–Kier alpha value is -2.11. The standard InChI is InChI=1S/C21H22Cl2N2O3/c1-4-5-20-25-17(14-9-13(22)10-15(23)21(14)28-20)11-16(24-25)12-6-7-18(26-2)19(8-12)27-3/h6-10,17,20H,4-5,11H2,1-3H3/t17-,20+/m0/s1. The fourth-order valence-corrected chi connectivity index (χ4v) is 4.37. The molecule has 2 atom stereocenters. The van der Waals surface area contributed by atoms with Crippen LogP contribution in [0, 0.1) is 0 Å². The Kier molecular flexibility index (Phi) is 5.30. The Labute approximate surface area is 174 Å². The molecule has 28 heavy (non-hydrogen) atoms. The van der Waals surface area contributed by atoms with Gasteiger partial charge in [0, 0.05) is 29.0 Å². The van der Waals surface area contributed by atoms with E-state index in [1.807, 2.05) is 29.3 Å². The first-order chi connectivity index (χ1) is 13.5. The molecule has 148 valence electrons. The van der Waals surface area contributed by atoms with Crippen molar-refractivity contribution in [2.75, 3.05) is 14.2 Å². The summed E-state index contributed by atoms with van der Waals surface area (Å²) >= 11 is 12.7. The minimum Gasteiger partial charge on any atom is -0.493 e. The van der Waals surface area contributed by atoms with Gasteiger partial charge in [-0.05, 0) is 30.3 Å². The van der Waals surface area contributed by atoms with Gasteiger partial charge in [0.2, 0.25) is 0 Å². The number of hydrogen-bond donors (Lipinski definition) is 0. The van der Waals surface area contributed by atoms with Crippen molar-refractivity contribution in [2.45, 2.75) is 38.5 Å². The summed E-state index contributed by atoms with van der Waals surface area (Å²) < 4.78 is 17.0. The van der Waals surface area contributed by atoms with Crippen LogP contribution in [-0.2, 0) is 0 Å². The van der Waals surface area contributed by atoms with Crippen LogP contribution in [0.25, 0.3) is 0 Å². The molecule has 2 aliphatic heterocycles. The van der Waals surface area contributed by atoms with E-state index in [1.165, 1.54) is 0 Å². The second-order valence-electron chi connectivity index (χ2n) is 6.88. The van der Waals surface area contributed by atoms with Crippen LogP contribution in [0.3, 0.4) is 0 Å². The van der Waals surface area contributed by atoms with Gasteiger partial charge in [0.05, 0.1) is 31.0 Å². The van der Waals surface area contributed by atoms with Gasteiger partial charge in [0.15, 0.2) is 17.7 Å². The Morgan fingerprint density at radius 1 is 1.14 bits per heavy atom. The van der Waals surface area contributed by atoms with Gasteiger partial charge in [-0.25, -0.2) is 0 Å². The van der Waals surface area contributed by atoms with E-state index in [-0.39, 0.29) is 12.3 Å². The van der Waals surface area contributed by atoms with E-state index in [2.05, 4.69) is 6.92 Å². The quantitative estimate of drug-likeness (QED) is 0.623. The molecule has 0 radical (unpaired) electrons. The van der Waals surface area contributed by atoms with Crippen LogP contribution >= 0.6 is 23.2 Å². The maximum absolute atomic E-state index is 6.43. The van der Waals surface area contributed by atoms with Gasteiger partial charge >= 0.3 is 0 Å². The van der Waals surface area contributed by atoms with Crippen molar-refractivity contribution in [1.29, 1.82) is 0 Å². The van der Waals surface area contributed by atoms with Gasteiger partial charge in [-0.1, -0.05) is 36.5 Å². The Morgan fingerprint density at radius 3 is 2.64 bits per heavy atom. The van der Waals surface area contributed by atoms with Gasteiger partial charge in [-0.2, -0.15) is 5.10 Å². The highest BCUT2D eigenvalue weighted by molar-refractivity contribution is 6.35. The summed E-state index contributed by atoms with van der Waals surface area (Å²) in [5, 5.41) is 8.10. The molecule has 5 nitrogen and oxygen atoms in total. The molecule has 0 unspecified atom stereocenters. The zero-order valence-electron chi connectivity index (χ0n) is 16.0. The molecular formula is C21H22Cl2N2O3. The molecular weight excluding hydrogens is 399 g/mol. The largest absolute Gasteiger partial charge is 0.493 e. The van der Waals surface area contributed by atoms with Crippen molar-refractivity contribution in [3.63, 3.8) is 0 Å². The first kappa shape index (κ1) is 19.2. The number of benzene rings is 2. The average molecular weight is 421 g/mol. The van der Waals surface area contributed by atoms with Crippen LogP contribution in [0.15, 0.2) is 35.4 Å². The van der Waals surface area contributed by atoms with Gasteiger partial charge in [-0.3, -0.25) is 5.01 Å². The van der Waals surface area contributed by atoms with E-state index in [0.717, 1.165) is 41.9 Å². The topological polar surface area (TPSA) is 43.3 Å². The monoisotopic (exact) mass is 420 g/mol. The summed E-state index contributed by atoms with van der Waals surface area (Å²) in [7, 11) is 3.26. The highest BCUT2D eigenvalue weighted by atomic mass is 35.5. The van der Waals surface area contributed by atoms with Crippen LogP contribution in [0.4, 0.5) is 0 Å². The third kappa shape index (κ3) is 3.27. The Balaban J connectivity index is 1.74. The van der Waals surface area contributed by atoms with Crippen LogP contribution in [-0.4, -0.2) is 31.2 Å². The minimum absolute atomic E-state index is 0.0413. The number of halogens is 2. The molecule has 0 fully saturated rings.